The molecule has 26 heavy (non-hydrogen) atoms. The van der Waals surface area contributed by atoms with Crippen molar-refractivity contribution in [2.24, 2.45) is 0 Å². The first-order chi connectivity index (χ1) is 12.7. The van der Waals surface area contributed by atoms with E-state index in [4.69, 9.17) is 4.52 Å². The lowest BCUT2D eigenvalue weighted by atomic mass is 10.1. The van der Waals surface area contributed by atoms with Crippen LogP contribution in [0.3, 0.4) is 0 Å². The molecule has 2 aromatic heterocycles. The SMILES string of the molecule is O=C(NNC(=O)c1cccs1)c1ccc2noc(-c3ccccc3)c2c1. The van der Waals surface area contributed by atoms with Crippen LogP contribution in [0.5, 0.6) is 0 Å². The zero-order chi connectivity index (χ0) is 17.9. The lowest BCUT2D eigenvalue weighted by Gasteiger charge is -2.06. The fraction of sp³-hybridized carbons (Fsp3) is 0. The Balaban J connectivity index is 1.57. The number of benzene rings is 2. The highest BCUT2D eigenvalue weighted by atomic mass is 32.1. The van der Waals surface area contributed by atoms with Crippen LogP contribution in [0.1, 0.15) is 20.0 Å². The van der Waals surface area contributed by atoms with E-state index in [1.165, 1.54) is 11.3 Å². The van der Waals surface area contributed by atoms with E-state index in [1.807, 2.05) is 30.3 Å². The zero-order valence-corrected chi connectivity index (χ0v) is 14.2. The molecular formula is C19H13N3O3S. The standard InChI is InChI=1S/C19H13N3O3S/c23-18(20-21-19(24)16-7-4-10-26-16)13-8-9-15-14(11-13)17(25-22-15)12-5-2-1-3-6-12/h1-11H,(H,20,23)(H,21,24). The summed E-state index contributed by atoms with van der Waals surface area (Å²) in [5.41, 5.74) is 6.75. The molecule has 0 atom stereocenters. The number of amides is 2. The Bertz CT molecular complexity index is 1070. The van der Waals surface area contributed by atoms with E-state index >= 15 is 0 Å². The molecule has 6 nitrogen and oxygen atoms in total. The van der Waals surface area contributed by atoms with E-state index < -0.39 is 5.91 Å². The van der Waals surface area contributed by atoms with E-state index in [0.29, 0.717) is 21.7 Å². The van der Waals surface area contributed by atoms with Gasteiger partial charge in [0.2, 0.25) is 0 Å². The summed E-state index contributed by atoms with van der Waals surface area (Å²) >= 11 is 1.30. The fourth-order valence-corrected chi connectivity index (χ4v) is 3.15. The minimum Gasteiger partial charge on any atom is -0.355 e. The molecule has 2 N–H and O–H groups in total. The van der Waals surface area contributed by atoms with E-state index in [1.54, 1.807) is 35.7 Å². The number of rotatable bonds is 3. The van der Waals surface area contributed by atoms with Crippen molar-refractivity contribution in [2.45, 2.75) is 0 Å². The van der Waals surface area contributed by atoms with Gasteiger partial charge in [-0.25, -0.2) is 0 Å². The summed E-state index contributed by atoms with van der Waals surface area (Å²) in [6.45, 7) is 0. The third-order valence-corrected chi connectivity index (χ3v) is 4.68. The number of carbonyl (C=O) groups is 2. The molecule has 0 aliphatic carbocycles. The second-order valence-corrected chi connectivity index (χ2v) is 6.44. The first-order valence-electron chi connectivity index (χ1n) is 7.81. The third kappa shape index (κ3) is 3.07. The van der Waals surface area contributed by atoms with Crippen LogP contribution < -0.4 is 10.9 Å². The van der Waals surface area contributed by atoms with Gasteiger partial charge in [0.1, 0.15) is 5.52 Å². The first kappa shape index (κ1) is 16.0. The van der Waals surface area contributed by atoms with E-state index in [9.17, 15) is 9.59 Å². The van der Waals surface area contributed by atoms with Crippen molar-refractivity contribution < 1.29 is 14.1 Å². The van der Waals surface area contributed by atoms with E-state index in [0.717, 1.165) is 10.9 Å². The summed E-state index contributed by atoms with van der Waals surface area (Å²) < 4.78 is 5.43. The predicted octanol–water partition coefficient (Wildman–Crippen LogP) is 3.63. The molecule has 0 fully saturated rings. The molecule has 4 rings (SSSR count). The summed E-state index contributed by atoms with van der Waals surface area (Å²) in [5, 5.41) is 6.55. The Morgan fingerprint density at radius 2 is 1.73 bits per heavy atom. The van der Waals surface area contributed by atoms with Crippen LogP contribution in [0.4, 0.5) is 0 Å². The van der Waals surface area contributed by atoms with Gasteiger partial charge in [-0.15, -0.1) is 11.3 Å². The minimum absolute atomic E-state index is 0.357. The maximum absolute atomic E-state index is 12.4. The maximum atomic E-state index is 12.4. The van der Waals surface area contributed by atoms with Gasteiger partial charge in [0.25, 0.3) is 11.8 Å². The van der Waals surface area contributed by atoms with Gasteiger partial charge in [-0.1, -0.05) is 41.6 Å². The topological polar surface area (TPSA) is 84.2 Å². The van der Waals surface area contributed by atoms with Gasteiger partial charge >= 0.3 is 0 Å². The van der Waals surface area contributed by atoms with Gasteiger partial charge in [-0.2, -0.15) is 0 Å². The summed E-state index contributed by atoms with van der Waals surface area (Å²) in [4.78, 5) is 24.8. The van der Waals surface area contributed by atoms with Crippen molar-refractivity contribution in [1.82, 2.24) is 16.0 Å². The van der Waals surface area contributed by atoms with Crippen molar-refractivity contribution in [3.63, 3.8) is 0 Å². The Hall–Kier alpha value is -3.45. The molecule has 0 aliphatic rings. The molecule has 2 heterocycles. The average Bonchev–Trinajstić information content (AvgIpc) is 3.36. The summed E-state index contributed by atoms with van der Waals surface area (Å²) in [5.74, 6) is -0.181. The second-order valence-electron chi connectivity index (χ2n) is 5.50. The summed E-state index contributed by atoms with van der Waals surface area (Å²) in [6.07, 6.45) is 0. The van der Waals surface area contributed by atoms with E-state index in [-0.39, 0.29) is 5.91 Å². The van der Waals surface area contributed by atoms with Crippen LogP contribution in [-0.4, -0.2) is 17.0 Å². The zero-order valence-electron chi connectivity index (χ0n) is 13.4. The fourth-order valence-electron chi connectivity index (χ4n) is 2.54. The molecular weight excluding hydrogens is 350 g/mol. The van der Waals surface area contributed by atoms with Gasteiger partial charge in [0, 0.05) is 11.1 Å². The van der Waals surface area contributed by atoms with Crippen LogP contribution in [0.15, 0.2) is 70.6 Å². The van der Waals surface area contributed by atoms with Gasteiger partial charge in [0.05, 0.1) is 10.3 Å². The molecule has 7 heteroatoms. The van der Waals surface area contributed by atoms with Crippen molar-refractivity contribution >= 4 is 34.1 Å². The van der Waals surface area contributed by atoms with Crippen molar-refractivity contribution in [3.05, 3.63) is 76.5 Å². The number of hydrazine groups is 1. The monoisotopic (exact) mass is 363 g/mol. The predicted molar refractivity (Wildman–Crippen MR) is 98.7 cm³/mol. The number of nitrogens with zero attached hydrogens (tertiary/aromatic N) is 1. The van der Waals surface area contributed by atoms with Crippen LogP contribution in [0.25, 0.3) is 22.2 Å². The number of hydrogen-bond acceptors (Lipinski definition) is 5. The Labute approximate surface area is 152 Å². The largest absolute Gasteiger partial charge is 0.355 e. The molecule has 2 amide bonds. The molecule has 0 unspecified atom stereocenters. The highest BCUT2D eigenvalue weighted by Gasteiger charge is 2.15. The Kier molecular flexibility index (Phi) is 4.20. The Morgan fingerprint density at radius 3 is 2.50 bits per heavy atom. The van der Waals surface area contributed by atoms with Gasteiger partial charge < -0.3 is 4.52 Å². The molecule has 0 aliphatic heterocycles. The number of nitrogens with one attached hydrogen (secondary N) is 2. The van der Waals surface area contributed by atoms with Crippen molar-refractivity contribution in [1.29, 1.82) is 0 Å². The quantitative estimate of drug-likeness (QED) is 0.545. The van der Waals surface area contributed by atoms with Crippen LogP contribution in [-0.2, 0) is 0 Å². The molecule has 0 spiro atoms. The highest BCUT2D eigenvalue weighted by molar-refractivity contribution is 7.12. The normalized spacial score (nSPS) is 10.6. The van der Waals surface area contributed by atoms with Crippen molar-refractivity contribution in [2.75, 3.05) is 0 Å². The lowest BCUT2D eigenvalue weighted by molar-refractivity contribution is 0.0849. The third-order valence-electron chi connectivity index (χ3n) is 3.81. The number of fused-ring (bicyclic) bond motifs is 1. The highest BCUT2D eigenvalue weighted by Crippen LogP contribution is 2.29. The molecule has 0 saturated carbocycles. The molecule has 0 saturated heterocycles. The summed E-state index contributed by atoms with van der Waals surface area (Å²) in [7, 11) is 0. The Morgan fingerprint density at radius 1 is 0.923 bits per heavy atom. The summed E-state index contributed by atoms with van der Waals surface area (Å²) in [6, 6.07) is 18.0. The first-order valence-corrected chi connectivity index (χ1v) is 8.69. The van der Waals surface area contributed by atoms with Crippen molar-refractivity contribution in [3.8, 4) is 11.3 Å². The second kappa shape index (κ2) is 6.81. The van der Waals surface area contributed by atoms with Crippen LogP contribution in [0.2, 0.25) is 0 Å². The number of hydrogen-bond donors (Lipinski definition) is 2. The molecule has 128 valence electrons. The van der Waals surface area contributed by atoms with E-state index in [2.05, 4.69) is 16.0 Å². The minimum atomic E-state index is -0.419. The molecule has 0 bridgehead atoms. The van der Waals surface area contributed by atoms with Gasteiger partial charge in [-0.05, 0) is 29.6 Å². The average molecular weight is 363 g/mol. The maximum Gasteiger partial charge on any atom is 0.279 e. The number of thiophene rings is 1. The molecule has 4 aromatic rings. The number of aromatic nitrogens is 1. The van der Waals surface area contributed by atoms with Gasteiger partial charge in [-0.3, -0.25) is 20.4 Å². The van der Waals surface area contributed by atoms with Crippen LogP contribution in [0, 0.1) is 0 Å². The van der Waals surface area contributed by atoms with Crippen LogP contribution >= 0.6 is 11.3 Å². The lowest BCUT2D eigenvalue weighted by Crippen LogP contribution is -2.41. The number of carbonyl (C=O) groups excluding carboxylic acids is 2. The smallest absolute Gasteiger partial charge is 0.279 e. The molecule has 0 radical (unpaired) electrons. The molecule has 2 aromatic carbocycles. The van der Waals surface area contributed by atoms with Gasteiger partial charge in [0.15, 0.2) is 5.76 Å².